The standard InChI is InChI=1S/C19H25N3Se2/c1-3-7-18-16(5-1)13-21-11-9-20-10-12-22-14-17-6-2-4-8-19(17)24-15-23-18/h1-8,20-22H,9-15H2. The molecule has 1 aliphatic rings. The summed E-state index contributed by atoms with van der Waals surface area (Å²) in [7, 11) is 0. The molecule has 0 unspecified atom stereocenters. The Balaban J connectivity index is 1.70. The van der Waals surface area contributed by atoms with Gasteiger partial charge in [0.1, 0.15) is 0 Å². The first-order valence-corrected chi connectivity index (χ1v) is 12.6. The summed E-state index contributed by atoms with van der Waals surface area (Å²) in [6, 6.07) is 17.9. The van der Waals surface area contributed by atoms with Crippen LogP contribution in [0.2, 0.25) is 4.22 Å². The summed E-state index contributed by atoms with van der Waals surface area (Å²) < 4.78 is 4.46. The van der Waals surface area contributed by atoms with Crippen LogP contribution in [0, 0.1) is 0 Å². The SMILES string of the molecule is c1ccc2c(c1)CNCCNCCNCc1ccccc1[Se]C[Se]2. The van der Waals surface area contributed by atoms with E-state index in [1.807, 2.05) is 0 Å². The van der Waals surface area contributed by atoms with Gasteiger partial charge in [-0.25, -0.2) is 0 Å². The van der Waals surface area contributed by atoms with Crippen molar-refractivity contribution in [1.29, 1.82) is 0 Å². The maximum absolute atomic E-state index is 3.57. The Morgan fingerprint density at radius 3 is 1.58 bits per heavy atom. The molecule has 3 rings (SSSR count). The van der Waals surface area contributed by atoms with Gasteiger partial charge in [-0.3, -0.25) is 0 Å². The van der Waals surface area contributed by atoms with Crippen LogP contribution in [0.4, 0.5) is 0 Å². The van der Waals surface area contributed by atoms with Crippen LogP contribution >= 0.6 is 0 Å². The van der Waals surface area contributed by atoms with Gasteiger partial charge in [-0.05, 0) is 0 Å². The molecular weight excluding hydrogens is 428 g/mol. The second-order valence-electron chi connectivity index (χ2n) is 5.73. The summed E-state index contributed by atoms with van der Waals surface area (Å²) in [6.45, 7) is 6.06. The summed E-state index contributed by atoms with van der Waals surface area (Å²) in [5.41, 5.74) is 2.96. The molecule has 0 radical (unpaired) electrons. The molecular formula is C19H25N3Se2. The van der Waals surface area contributed by atoms with Gasteiger partial charge in [-0.1, -0.05) is 0 Å². The van der Waals surface area contributed by atoms with E-state index in [1.54, 1.807) is 8.92 Å². The van der Waals surface area contributed by atoms with Gasteiger partial charge in [0.05, 0.1) is 0 Å². The van der Waals surface area contributed by atoms with Crippen molar-refractivity contribution in [2.24, 2.45) is 0 Å². The van der Waals surface area contributed by atoms with Crippen LogP contribution < -0.4 is 24.9 Å². The van der Waals surface area contributed by atoms with Crippen molar-refractivity contribution in [2.45, 2.75) is 17.3 Å². The molecule has 2 aromatic rings. The fourth-order valence-electron chi connectivity index (χ4n) is 2.66. The molecule has 0 amide bonds. The van der Waals surface area contributed by atoms with Crippen LogP contribution in [0.5, 0.6) is 0 Å². The van der Waals surface area contributed by atoms with Crippen molar-refractivity contribution in [3.05, 3.63) is 59.7 Å². The monoisotopic (exact) mass is 455 g/mol. The zero-order valence-electron chi connectivity index (χ0n) is 13.9. The minimum absolute atomic E-state index is 0.564. The average molecular weight is 453 g/mol. The molecule has 5 heteroatoms. The third kappa shape index (κ3) is 5.71. The van der Waals surface area contributed by atoms with E-state index in [0.717, 1.165) is 39.3 Å². The minimum atomic E-state index is 0.564. The molecule has 128 valence electrons. The molecule has 3 nitrogen and oxygen atoms in total. The summed E-state index contributed by atoms with van der Waals surface area (Å²) in [5, 5.41) is 10.6. The fourth-order valence-corrected chi connectivity index (χ4v) is 8.83. The Kier molecular flexibility index (Phi) is 7.85. The first-order valence-electron chi connectivity index (χ1n) is 8.47. The number of rotatable bonds is 0. The van der Waals surface area contributed by atoms with Gasteiger partial charge in [0.25, 0.3) is 0 Å². The molecule has 3 N–H and O–H groups in total. The van der Waals surface area contributed by atoms with Gasteiger partial charge in [0, 0.05) is 0 Å². The van der Waals surface area contributed by atoms with E-state index < -0.39 is 0 Å². The molecule has 0 aromatic heterocycles. The van der Waals surface area contributed by atoms with E-state index in [4.69, 9.17) is 0 Å². The van der Waals surface area contributed by atoms with Crippen molar-refractivity contribution >= 4 is 38.8 Å². The Morgan fingerprint density at radius 2 is 1.04 bits per heavy atom. The van der Waals surface area contributed by atoms with E-state index >= 15 is 0 Å². The molecule has 0 spiro atoms. The molecule has 24 heavy (non-hydrogen) atoms. The Labute approximate surface area is 157 Å². The fraction of sp³-hybridized carbons (Fsp3) is 0.368. The van der Waals surface area contributed by atoms with Crippen molar-refractivity contribution < 1.29 is 0 Å². The molecule has 0 saturated heterocycles. The predicted molar refractivity (Wildman–Crippen MR) is 105 cm³/mol. The van der Waals surface area contributed by atoms with Gasteiger partial charge in [-0.15, -0.1) is 0 Å². The molecule has 1 aliphatic heterocycles. The normalized spacial score (nSPS) is 17.7. The van der Waals surface area contributed by atoms with Crippen LogP contribution in [0.25, 0.3) is 0 Å². The third-order valence-electron chi connectivity index (χ3n) is 3.96. The van der Waals surface area contributed by atoms with Crippen LogP contribution in [-0.4, -0.2) is 56.1 Å². The second-order valence-corrected chi connectivity index (χ2v) is 11.8. The Hall–Kier alpha value is -0.641. The van der Waals surface area contributed by atoms with Crippen LogP contribution in [0.1, 0.15) is 11.1 Å². The molecule has 0 saturated carbocycles. The van der Waals surface area contributed by atoms with Crippen molar-refractivity contribution in [3.8, 4) is 0 Å². The summed E-state index contributed by atoms with van der Waals surface area (Å²) in [5.74, 6) is 0. The van der Waals surface area contributed by atoms with E-state index in [9.17, 15) is 0 Å². The number of fused-ring (bicyclic) bond motifs is 2. The Morgan fingerprint density at radius 1 is 0.583 bits per heavy atom. The van der Waals surface area contributed by atoms with Crippen molar-refractivity contribution in [3.63, 3.8) is 0 Å². The Bertz CT molecular complexity index is 580. The second kappa shape index (κ2) is 10.4. The molecule has 1 heterocycles. The van der Waals surface area contributed by atoms with E-state index in [-0.39, 0.29) is 0 Å². The summed E-state index contributed by atoms with van der Waals surface area (Å²) in [4.78, 5) is 0. The number of nitrogens with one attached hydrogen (secondary N) is 3. The molecule has 0 fully saturated rings. The van der Waals surface area contributed by atoms with Crippen LogP contribution in [0.3, 0.4) is 0 Å². The molecule has 0 atom stereocenters. The van der Waals surface area contributed by atoms with Gasteiger partial charge < -0.3 is 0 Å². The molecule has 0 bridgehead atoms. The summed E-state index contributed by atoms with van der Waals surface area (Å²) >= 11 is 1.13. The van der Waals surface area contributed by atoms with Crippen molar-refractivity contribution in [1.82, 2.24) is 16.0 Å². The van der Waals surface area contributed by atoms with Gasteiger partial charge >= 0.3 is 158 Å². The van der Waals surface area contributed by atoms with E-state index in [2.05, 4.69) is 64.5 Å². The average Bonchev–Trinajstić information content (AvgIpc) is 2.61. The molecule has 2 aromatic carbocycles. The topological polar surface area (TPSA) is 36.1 Å². The maximum atomic E-state index is 3.57. The van der Waals surface area contributed by atoms with E-state index in [0.29, 0.717) is 29.9 Å². The number of hydrogen-bond donors (Lipinski definition) is 3. The first kappa shape index (κ1) is 18.2. The third-order valence-corrected chi connectivity index (χ3v) is 10.0. The van der Waals surface area contributed by atoms with Gasteiger partial charge in [0.15, 0.2) is 0 Å². The number of hydrogen-bond acceptors (Lipinski definition) is 3. The zero-order valence-corrected chi connectivity index (χ0v) is 17.3. The van der Waals surface area contributed by atoms with Crippen LogP contribution in [0.15, 0.2) is 48.5 Å². The first-order chi connectivity index (χ1) is 11.9. The van der Waals surface area contributed by atoms with E-state index in [1.165, 1.54) is 15.3 Å². The summed E-state index contributed by atoms with van der Waals surface area (Å²) in [6.07, 6.45) is 0. The van der Waals surface area contributed by atoms with Gasteiger partial charge in [0.2, 0.25) is 0 Å². The molecule has 0 aliphatic carbocycles. The quantitative estimate of drug-likeness (QED) is 0.500. The number of benzene rings is 2. The zero-order chi connectivity index (χ0) is 16.5. The van der Waals surface area contributed by atoms with Crippen molar-refractivity contribution in [2.75, 3.05) is 26.2 Å². The predicted octanol–water partition coefficient (Wildman–Crippen LogP) is 0.204. The van der Waals surface area contributed by atoms with Gasteiger partial charge in [-0.2, -0.15) is 0 Å². The van der Waals surface area contributed by atoms with Crippen LogP contribution in [-0.2, 0) is 13.1 Å².